The van der Waals surface area contributed by atoms with Crippen molar-refractivity contribution in [3.63, 3.8) is 0 Å². The number of amides is 1. The summed E-state index contributed by atoms with van der Waals surface area (Å²) in [7, 11) is 0. The number of hydrogen-bond acceptors (Lipinski definition) is 4. The highest BCUT2D eigenvalue weighted by Crippen LogP contribution is 2.38. The third kappa shape index (κ3) is 2.84. The number of carbonyl (C=O) groups is 1. The smallest absolute Gasteiger partial charge is 0.251 e. The molecule has 27 heavy (non-hydrogen) atoms. The van der Waals surface area contributed by atoms with Crippen LogP contribution in [0.3, 0.4) is 0 Å². The molecule has 1 aromatic heterocycles. The van der Waals surface area contributed by atoms with Gasteiger partial charge in [0, 0.05) is 49.7 Å². The summed E-state index contributed by atoms with van der Waals surface area (Å²) in [5.74, 6) is 1.31. The van der Waals surface area contributed by atoms with E-state index in [1.807, 2.05) is 18.2 Å². The van der Waals surface area contributed by atoms with E-state index in [0.717, 1.165) is 49.5 Å². The van der Waals surface area contributed by atoms with Crippen LogP contribution in [0.5, 0.6) is 5.75 Å². The van der Waals surface area contributed by atoms with Gasteiger partial charge in [-0.05, 0) is 29.7 Å². The number of carbonyl (C=O) groups excluding carboxylic acids is 1. The fourth-order valence-electron chi connectivity index (χ4n) is 4.77. The van der Waals surface area contributed by atoms with Crippen LogP contribution in [0.2, 0.25) is 0 Å². The number of pyridine rings is 1. The van der Waals surface area contributed by atoms with Gasteiger partial charge in [-0.1, -0.05) is 18.2 Å². The zero-order valence-corrected chi connectivity index (χ0v) is 15.1. The number of benzene rings is 1. The largest absolute Gasteiger partial charge is 0.493 e. The Bertz CT molecular complexity index is 952. The molecule has 6 heteroatoms. The highest BCUT2D eigenvalue weighted by molar-refractivity contribution is 5.81. The predicted molar refractivity (Wildman–Crippen MR) is 101 cm³/mol. The maximum Gasteiger partial charge on any atom is 0.251 e. The zero-order valence-electron chi connectivity index (χ0n) is 15.1. The van der Waals surface area contributed by atoms with Crippen molar-refractivity contribution in [2.45, 2.75) is 31.3 Å². The van der Waals surface area contributed by atoms with Gasteiger partial charge in [0.1, 0.15) is 11.8 Å². The van der Waals surface area contributed by atoms with Crippen LogP contribution in [0.4, 0.5) is 0 Å². The highest BCUT2D eigenvalue weighted by Gasteiger charge is 2.41. The lowest BCUT2D eigenvalue weighted by molar-refractivity contribution is -0.127. The molecular weight excluding hydrogens is 342 g/mol. The van der Waals surface area contributed by atoms with Gasteiger partial charge in [0.15, 0.2) is 0 Å². The Morgan fingerprint density at radius 3 is 3.11 bits per heavy atom. The molecule has 3 aliphatic rings. The monoisotopic (exact) mass is 365 g/mol. The van der Waals surface area contributed by atoms with Gasteiger partial charge >= 0.3 is 0 Å². The van der Waals surface area contributed by atoms with Crippen LogP contribution < -0.4 is 20.9 Å². The summed E-state index contributed by atoms with van der Waals surface area (Å²) in [5, 5.41) is 6.49. The molecule has 3 atom stereocenters. The number of piperidine rings is 1. The first-order valence-electron chi connectivity index (χ1n) is 9.65. The molecule has 2 N–H and O–H groups in total. The van der Waals surface area contributed by atoms with Crippen molar-refractivity contribution < 1.29 is 9.53 Å². The Kier molecular flexibility index (Phi) is 4.01. The van der Waals surface area contributed by atoms with Gasteiger partial charge in [-0.2, -0.15) is 0 Å². The first kappa shape index (κ1) is 16.6. The van der Waals surface area contributed by atoms with Gasteiger partial charge in [0.25, 0.3) is 5.56 Å². The first-order chi connectivity index (χ1) is 13.2. The van der Waals surface area contributed by atoms with Crippen molar-refractivity contribution in [1.82, 2.24) is 15.2 Å². The summed E-state index contributed by atoms with van der Waals surface area (Å²) >= 11 is 0. The molecule has 1 amide bonds. The fraction of sp³-hybridized carbons (Fsp3) is 0.429. The SMILES string of the molecule is O=C(NCc1ccc2c(c1)CCO2)[C@H]1[C@@H]2CNC[C@@H](C2)c2cccc(=O)n21. The molecule has 0 saturated carbocycles. The summed E-state index contributed by atoms with van der Waals surface area (Å²) in [4.78, 5) is 25.7. The van der Waals surface area contributed by atoms with Crippen molar-refractivity contribution in [2.75, 3.05) is 19.7 Å². The van der Waals surface area contributed by atoms with Crippen LogP contribution in [0, 0.1) is 5.92 Å². The molecule has 140 valence electrons. The number of ether oxygens (including phenoxy) is 1. The summed E-state index contributed by atoms with van der Waals surface area (Å²) < 4.78 is 7.27. The van der Waals surface area contributed by atoms with Gasteiger partial charge in [0.05, 0.1) is 6.61 Å². The third-order valence-corrected chi connectivity index (χ3v) is 6.04. The molecule has 4 heterocycles. The Labute approximate surface area is 157 Å². The normalized spacial score (nSPS) is 25.3. The molecule has 0 unspecified atom stereocenters. The van der Waals surface area contributed by atoms with Gasteiger partial charge in [-0.3, -0.25) is 14.2 Å². The molecule has 1 fully saturated rings. The molecule has 0 spiro atoms. The van der Waals surface area contributed by atoms with E-state index in [-0.39, 0.29) is 17.4 Å². The topological polar surface area (TPSA) is 72.4 Å². The molecule has 6 nitrogen and oxygen atoms in total. The second kappa shape index (κ2) is 6.53. The van der Waals surface area contributed by atoms with Gasteiger partial charge in [-0.25, -0.2) is 0 Å². The molecule has 0 radical (unpaired) electrons. The van der Waals surface area contributed by atoms with E-state index in [4.69, 9.17) is 4.74 Å². The van der Waals surface area contributed by atoms with E-state index in [0.29, 0.717) is 12.5 Å². The number of hydrogen-bond donors (Lipinski definition) is 2. The second-order valence-corrected chi connectivity index (χ2v) is 7.71. The summed E-state index contributed by atoms with van der Waals surface area (Å²) in [6.45, 7) is 2.82. The minimum atomic E-state index is -0.449. The van der Waals surface area contributed by atoms with Crippen LogP contribution in [-0.4, -0.2) is 30.2 Å². The quantitative estimate of drug-likeness (QED) is 0.861. The van der Waals surface area contributed by atoms with E-state index < -0.39 is 6.04 Å². The summed E-state index contributed by atoms with van der Waals surface area (Å²) in [5.41, 5.74) is 3.14. The van der Waals surface area contributed by atoms with Crippen LogP contribution in [0.15, 0.2) is 41.2 Å². The highest BCUT2D eigenvalue weighted by atomic mass is 16.5. The Morgan fingerprint density at radius 1 is 1.26 bits per heavy atom. The Hall–Kier alpha value is -2.60. The lowest BCUT2D eigenvalue weighted by Gasteiger charge is -2.42. The van der Waals surface area contributed by atoms with Gasteiger partial charge in [0.2, 0.25) is 5.91 Å². The molecule has 2 aromatic rings. The molecule has 0 aliphatic carbocycles. The van der Waals surface area contributed by atoms with E-state index in [2.05, 4.69) is 16.7 Å². The predicted octanol–water partition coefficient (Wildman–Crippen LogP) is 1.35. The average molecular weight is 365 g/mol. The molecule has 3 aliphatic heterocycles. The summed E-state index contributed by atoms with van der Waals surface area (Å²) in [6.07, 6.45) is 1.86. The molecule has 5 rings (SSSR count). The van der Waals surface area contributed by atoms with Crippen molar-refractivity contribution >= 4 is 5.91 Å². The van der Waals surface area contributed by atoms with Gasteiger partial charge < -0.3 is 15.4 Å². The first-order valence-corrected chi connectivity index (χ1v) is 9.65. The van der Waals surface area contributed by atoms with Crippen LogP contribution in [0.1, 0.15) is 35.2 Å². The maximum atomic E-state index is 13.1. The number of fused-ring (bicyclic) bond motifs is 5. The molecule has 1 aromatic carbocycles. The lowest BCUT2D eigenvalue weighted by Crippen LogP contribution is -2.52. The Morgan fingerprint density at radius 2 is 2.19 bits per heavy atom. The fourth-order valence-corrected chi connectivity index (χ4v) is 4.77. The molecule has 1 saturated heterocycles. The molecule has 2 bridgehead atoms. The molecular formula is C21H23N3O3. The van der Waals surface area contributed by atoms with Crippen LogP contribution >= 0.6 is 0 Å². The number of aromatic nitrogens is 1. The number of nitrogens with zero attached hydrogens (tertiary/aromatic N) is 1. The van der Waals surface area contributed by atoms with E-state index >= 15 is 0 Å². The second-order valence-electron chi connectivity index (χ2n) is 7.71. The average Bonchev–Trinajstić information content (AvgIpc) is 3.15. The third-order valence-electron chi connectivity index (χ3n) is 6.04. The minimum absolute atomic E-state index is 0.0755. The van der Waals surface area contributed by atoms with Crippen molar-refractivity contribution in [3.05, 3.63) is 63.6 Å². The minimum Gasteiger partial charge on any atom is -0.493 e. The van der Waals surface area contributed by atoms with E-state index in [9.17, 15) is 9.59 Å². The Balaban J connectivity index is 1.39. The van der Waals surface area contributed by atoms with E-state index in [1.165, 1.54) is 5.56 Å². The van der Waals surface area contributed by atoms with Gasteiger partial charge in [-0.15, -0.1) is 0 Å². The zero-order chi connectivity index (χ0) is 18.4. The number of rotatable bonds is 3. The summed E-state index contributed by atoms with van der Waals surface area (Å²) in [6, 6.07) is 10.9. The van der Waals surface area contributed by atoms with Crippen molar-refractivity contribution in [1.29, 1.82) is 0 Å². The number of nitrogens with one attached hydrogen (secondary N) is 2. The van der Waals surface area contributed by atoms with Crippen LogP contribution in [-0.2, 0) is 17.8 Å². The van der Waals surface area contributed by atoms with Crippen LogP contribution in [0.25, 0.3) is 0 Å². The lowest BCUT2D eigenvalue weighted by atomic mass is 9.79. The standard InChI is InChI=1S/C21H23N3O3/c25-19-3-1-2-17-15-9-16(12-22-11-15)20(24(17)19)21(26)23-10-13-4-5-18-14(8-13)6-7-27-18/h1-5,8,15-16,20,22H,6-7,9-12H2,(H,23,26)/t15-,16+,20-/m1/s1. The van der Waals surface area contributed by atoms with Crippen molar-refractivity contribution in [3.8, 4) is 5.75 Å². The van der Waals surface area contributed by atoms with E-state index in [1.54, 1.807) is 16.7 Å². The maximum absolute atomic E-state index is 13.1. The van der Waals surface area contributed by atoms with Crippen molar-refractivity contribution in [2.24, 2.45) is 5.92 Å².